The first-order chi connectivity index (χ1) is 8.15. The molecule has 0 unspecified atom stereocenters. The van der Waals surface area contributed by atoms with Crippen LogP contribution in [0.15, 0.2) is 0 Å². The van der Waals surface area contributed by atoms with E-state index in [1.165, 1.54) is 58.4 Å². The standard InChI is InChI=1S/C15H29N2.K/c1-13(2)17-10-6-15(7-11-17)12-16-8-4-14(3)5-9-16;/h13-15H,3-12H2,1-2H3;/q-1;+1. The minimum Gasteiger partial charge on any atom is -0.340 e. The van der Waals surface area contributed by atoms with Crippen LogP contribution < -0.4 is 51.4 Å². The average molecular weight is 277 g/mol. The van der Waals surface area contributed by atoms with Gasteiger partial charge in [-0.1, -0.05) is 12.8 Å². The molecule has 2 heterocycles. The van der Waals surface area contributed by atoms with E-state index in [1.54, 1.807) is 0 Å². The van der Waals surface area contributed by atoms with Crippen LogP contribution in [0.1, 0.15) is 39.5 Å². The van der Waals surface area contributed by atoms with Gasteiger partial charge in [-0.2, -0.15) is 5.92 Å². The molecule has 2 nitrogen and oxygen atoms in total. The molecule has 2 aliphatic rings. The Morgan fingerprint density at radius 3 is 2.06 bits per heavy atom. The Bertz CT molecular complexity index is 217. The molecule has 0 bridgehead atoms. The quantitative estimate of drug-likeness (QED) is 0.514. The first-order valence-corrected chi connectivity index (χ1v) is 7.44. The Morgan fingerprint density at radius 2 is 1.56 bits per heavy atom. The number of nitrogens with zero attached hydrogens (tertiary/aromatic N) is 2. The summed E-state index contributed by atoms with van der Waals surface area (Å²) in [5.41, 5.74) is 0. The molecule has 0 amide bonds. The van der Waals surface area contributed by atoms with Crippen molar-refractivity contribution in [1.29, 1.82) is 0 Å². The van der Waals surface area contributed by atoms with Gasteiger partial charge in [-0.3, -0.25) is 0 Å². The molecular formula is C15H29KN2. The van der Waals surface area contributed by atoms with Crippen molar-refractivity contribution in [3.63, 3.8) is 0 Å². The maximum absolute atomic E-state index is 4.17. The van der Waals surface area contributed by atoms with Crippen molar-refractivity contribution in [2.75, 3.05) is 32.7 Å². The third kappa shape index (κ3) is 5.51. The van der Waals surface area contributed by atoms with Gasteiger partial charge in [0, 0.05) is 12.6 Å². The van der Waals surface area contributed by atoms with Gasteiger partial charge in [-0.15, -0.1) is 0 Å². The molecular weight excluding hydrogens is 247 g/mol. The fourth-order valence-electron chi connectivity index (χ4n) is 3.19. The van der Waals surface area contributed by atoms with Crippen molar-refractivity contribution in [2.45, 2.75) is 45.6 Å². The predicted octanol–water partition coefficient (Wildman–Crippen LogP) is -0.343. The van der Waals surface area contributed by atoms with Gasteiger partial charge >= 0.3 is 51.4 Å². The van der Waals surface area contributed by atoms with Crippen molar-refractivity contribution < 1.29 is 51.4 Å². The number of hydrogen-bond acceptors (Lipinski definition) is 2. The predicted molar refractivity (Wildman–Crippen MR) is 74.0 cm³/mol. The maximum atomic E-state index is 4.17. The molecule has 2 saturated heterocycles. The molecule has 0 atom stereocenters. The molecule has 0 aromatic rings. The molecule has 0 N–H and O–H groups in total. The van der Waals surface area contributed by atoms with Crippen molar-refractivity contribution >= 4 is 0 Å². The van der Waals surface area contributed by atoms with Crippen LogP contribution in [0.2, 0.25) is 0 Å². The number of rotatable bonds is 3. The van der Waals surface area contributed by atoms with E-state index in [0.717, 1.165) is 12.0 Å². The second-order valence-electron chi connectivity index (χ2n) is 6.32. The van der Waals surface area contributed by atoms with Crippen LogP contribution in [0, 0.1) is 18.8 Å². The zero-order valence-corrected chi connectivity index (χ0v) is 15.8. The van der Waals surface area contributed by atoms with E-state index in [2.05, 4.69) is 30.6 Å². The van der Waals surface area contributed by atoms with Crippen LogP contribution in [-0.4, -0.2) is 48.6 Å². The van der Waals surface area contributed by atoms with Crippen LogP contribution in [0.5, 0.6) is 0 Å². The molecule has 0 aromatic heterocycles. The van der Waals surface area contributed by atoms with Crippen LogP contribution in [0.3, 0.4) is 0 Å². The largest absolute Gasteiger partial charge is 1.00 e. The number of likely N-dealkylation sites (tertiary alicyclic amines) is 2. The van der Waals surface area contributed by atoms with Gasteiger partial charge in [0.1, 0.15) is 0 Å². The minimum atomic E-state index is 0. The summed E-state index contributed by atoms with van der Waals surface area (Å²) in [6.07, 6.45) is 5.43. The van der Waals surface area contributed by atoms with E-state index in [9.17, 15) is 0 Å². The molecule has 0 saturated carbocycles. The number of piperidine rings is 2. The molecule has 0 aliphatic carbocycles. The van der Waals surface area contributed by atoms with Crippen molar-refractivity contribution in [3.8, 4) is 0 Å². The first-order valence-electron chi connectivity index (χ1n) is 7.44. The third-order valence-electron chi connectivity index (χ3n) is 4.60. The normalized spacial score (nSPS) is 25.3. The van der Waals surface area contributed by atoms with Crippen LogP contribution in [0.25, 0.3) is 0 Å². The summed E-state index contributed by atoms with van der Waals surface area (Å²) in [5.74, 6) is 1.67. The molecule has 2 fully saturated rings. The zero-order chi connectivity index (χ0) is 12.3. The van der Waals surface area contributed by atoms with Gasteiger partial charge in [-0.05, 0) is 58.8 Å². The topological polar surface area (TPSA) is 6.48 Å². The van der Waals surface area contributed by atoms with E-state index in [-0.39, 0.29) is 51.4 Å². The molecule has 18 heavy (non-hydrogen) atoms. The SMILES string of the molecule is [CH2-]C1CCN(CC2CCN(C(C)C)CC2)CC1.[K+]. The van der Waals surface area contributed by atoms with Gasteiger partial charge in [0.2, 0.25) is 0 Å². The second kappa shape index (κ2) is 8.76. The van der Waals surface area contributed by atoms with Gasteiger partial charge in [0.15, 0.2) is 0 Å². The third-order valence-corrected chi connectivity index (χ3v) is 4.60. The van der Waals surface area contributed by atoms with E-state index in [4.69, 9.17) is 0 Å². The number of hydrogen-bond donors (Lipinski definition) is 0. The van der Waals surface area contributed by atoms with Crippen molar-refractivity contribution in [3.05, 3.63) is 6.92 Å². The van der Waals surface area contributed by atoms with Crippen LogP contribution in [-0.2, 0) is 0 Å². The Balaban J connectivity index is 0.00000162. The Kier molecular flexibility index (Phi) is 8.57. The summed E-state index contributed by atoms with van der Waals surface area (Å²) in [4.78, 5) is 5.30. The van der Waals surface area contributed by atoms with Gasteiger partial charge in [-0.25, -0.2) is 0 Å². The van der Waals surface area contributed by atoms with E-state index in [1.807, 2.05) is 0 Å². The molecule has 2 aliphatic heterocycles. The fourth-order valence-corrected chi connectivity index (χ4v) is 3.19. The summed E-state index contributed by atoms with van der Waals surface area (Å²) in [6, 6.07) is 0.734. The Hall–Kier alpha value is 1.56. The minimum absolute atomic E-state index is 0. The molecule has 2 rings (SSSR count). The molecule has 0 spiro atoms. The molecule has 0 aromatic carbocycles. The van der Waals surface area contributed by atoms with Gasteiger partial charge in [0.25, 0.3) is 0 Å². The van der Waals surface area contributed by atoms with Gasteiger partial charge < -0.3 is 16.7 Å². The summed E-state index contributed by atoms with van der Waals surface area (Å²) >= 11 is 0. The first kappa shape index (κ1) is 17.6. The van der Waals surface area contributed by atoms with Gasteiger partial charge in [0.05, 0.1) is 0 Å². The smallest absolute Gasteiger partial charge is 0.340 e. The maximum Gasteiger partial charge on any atom is 1.00 e. The van der Waals surface area contributed by atoms with E-state index >= 15 is 0 Å². The Morgan fingerprint density at radius 1 is 1.00 bits per heavy atom. The van der Waals surface area contributed by atoms with Crippen LogP contribution in [0.4, 0.5) is 0 Å². The summed E-state index contributed by atoms with van der Waals surface area (Å²) in [7, 11) is 0. The molecule has 100 valence electrons. The Labute approximate surface area is 156 Å². The summed E-state index contributed by atoms with van der Waals surface area (Å²) in [6.45, 7) is 15.4. The van der Waals surface area contributed by atoms with Crippen LogP contribution >= 0.6 is 0 Å². The average Bonchev–Trinajstić information content (AvgIpc) is 2.33. The van der Waals surface area contributed by atoms with Crippen molar-refractivity contribution in [2.24, 2.45) is 11.8 Å². The molecule has 0 radical (unpaired) electrons. The van der Waals surface area contributed by atoms with E-state index < -0.39 is 0 Å². The van der Waals surface area contributed by atoms with E-state index in [0.29, 0.717) is 5.92 Å². The second-order valence-corrected chi connectivity index (χ2v) is 6.32. The fraction of sp³-hybridized carbons (Fsp3) is 0.933. The summed E-state index contributed by atoms with van der Waals surface area (Å²) < 4.78 is 0. The zero-order valence-electron chi connectivity index (χ0n) is 12.7. The monoisotopic (exact) mass is 276 g/mol. The molecule has 3 heteroatoms. The summed E-state index contributed by atoms with van der Waals surface area (Å²) in [5, 5.41) is 0. The van der Waals surface area contributed by atoms with Crippen molar-refractivity contribution in [1.82, 2.24) is 9.80 Å².